The number of benzene rings is 1. The lowest BCUT2D eigenvalue weighted by Crippen LogP contribution is -2.67. The molecular formula is C23H24N2O7. The number of aromatic hydroxyl groups is 1. The molecule has 32 heavy (non-hydrogen) atoms. The number of amides is 1. The van der Waals surface area contributed by atoms with Gasteiger partial charge >= 0.3 is 0 Å². The lowest BCUT2D eigenvalue weighted by Gasteiger charge is -2.50. The first-order chi connectivity index (χ1) is 15.2. The highest BCUT2D eigenvalue weighted by molar-refractivity contribution is 6.24. The lowest BCUT2D eigenvalue weighted by atomic mass is 9.57. The number of nitrogens with one attached hydrogen (secondary N) is 1. The third-order valence-electron chi connectivity index (χ3n) is 7.46. The van der Waals surface area contributed by atoms with Crippen molar-refractivity contribution in [3.63, 3.8) is 0 Å². The van der Waals surface area contributed by atoms with Crippen LogP contribution in [0.4, 0.5) is 0 Å². The maximum atomic E-state index is 13.6. The summed E-state index contributed by atoms with van der Waals surface area (Å²) in [6.07, 6.45) is 3.00. The van der Waals surface area contributed by atoms with Gasteiger partial charge in [-0.05, 0) is 43.2 Å². The van der Waals surface area contributed by atoms with Crippen molar-refractivity contribution in [2.24, 2.45) is 17.6 Å². The fourth-order valence-electron chi connectivity index (χ4n) is 5.64. The van der Waals surface area contributed by atoms with Gasteiger partial charge in [0.25, 0.3) is 5.91 Å². The second-order valence-corrected chi connectivity index (χ2v) is 9.14. The Bertz CT molecular complexity index is 1130. The average molecular weight is 440 g/mol. The molecule has 0 radical (unpaired) electrons. The Morgan fingerprint density at radius 3 is 2.50 bits per heavy atom. The summed E-state index contributed by atoms with van der Waals surface area (Å²) >= 11 is 0. The van der Waals surface area contributed by atoms with Crippen molar-refractivity contribution < 1.29 is 34.8 Å². The van der Waals surface area contributed by atoms with E-state index < -0.39 is 58.0 Å². The first kappa shape index (κ1) is 20.7. The standard InChI is InChI=1S/C23H24N2O7/c24-22(31)16-19(28)17(25-11-4-2-5-11)12-8-10-7-9-3-1-6-13(26)14(9)18(27)15(10)20(29)23(12,32)21(16)30/h1,3,6,10-12,17,25-27,30,32H,2,4-5,7-8H2,(H2,24,31)/t10-,12-,17+,23-/m0/s1. The minimum absolute atomic E-state index is 0.00737. The Kier molecular flexibility index (Phi) is 4.48. The number of hydrogen-bond acceptors (Lipinski definition) is 8. The molecule has 4 aliphatic rings. The molecule has 0 heterocycles. The maximum absolute atomic E-state index is 13.6. The molecule has 0 aliphatic heterocycles. The third-order valence-corrected chi connectivity index (χ3v) is 7.46. The Morgan fingerprint density at radius 2 is 1.88 bits per heavy atom. The van der Waals surface area contributed by atoms with E-state index in [1.165, 1.54) is 6.07 Å². The number of carbonyl (C=O) groups is 3. The minimum Gasteiger partial charge on any atom is -0.508 e. The molecule has 7 N–H and O–H groups in total. The molecule has 168 valence electrons. The number of nitrogens with two attached hydrogens (primary N) is 1. The molecule has 4 aliphatic carbocycles. The smallest absolute Gasteiger partial charge is 0.255 e. The Hall–Kier alpha value is -3.17. The van der Waals surface area contributed by atoms with Gasteiger partial charge in [-0.3, -0.25) is 14.4 Å². The van der Waals surface area contributed by atoms with Gasteiger partial charge < -0.3 is 31.5 Å². The molecular weight excluding hydrogens is 416 g/mol. The SMILES string of the molecule is NC(=O)C1=C(O)[C@@]2(O)C(=O)C3=C(O)c4c(O)cccc4C[C@H]3C[C@H]2[C@@H](NC2CCC2)C1=O. The van der Waals surface area contributed by atoms with Gasteiger partial charge in [-0.1, -0.05) is 18.6 Å². The molecule has 0 spiro atoms. The van der Waals surface area contributed by atoms with Crippen molar-refractivity contribution in [1.82, 2.24) is 5.32 Å². The van der Waals surface area contributed by atoms with Crippen LogP contribution in [-0.4, -0.2) is 55.6 Å². The van der Waals surface area contributed by atoms with Crippen LogP contribution in [0.2, 0.25) is 0 Å². The molecule has 0 saturated heterocycles. The van der Waals surface area contributed by atoms with Gasteiger partial charge in [-0.25, -0.2) is 0 Å². The first-order valence-corrected chi connectivity index (χ1v) is 10.7. The number of carbonyl (C=O) groups excluding carboxylic acids is 3. The fourth-order valence-corrected chi connectivity index (χ4v) is 5.64. The molecule has 1 aromatic carbocycles. The summed E-state index contributed by atoms with van der Waals surface area (Å²) in [7, 11) is 0. The monoisotopic (exact) mass is 440 g/mol. The number of phenols is 1. The number of hydrogen-bond donors (Lipinski definition) is 6. The van der Waals surface area contributed by atoms with Crippen LogP contribution in [0.1, 0.15) is 36.8 Å². The molecule has 5 rings (SSSR count). The fraction of sp³-hybridized carbons (Fsp3) is 0.435. The normalized spacial score (nSPS) is 32.2. The summed E-state index contributed by atoms with van der Waals surface area (Å²) in [6, 6.07) is 3.65. The van der Waals surface area contributed by atoms with E-state index in [0.717, 1.165) is 19.3 Å². The van der Waals surface area contributed by atoms with E-state index in [4.69, 9.17) is 5.73 Å². The van der Waals surface area contributed by atoms with E-state index in [0.29, 0.717) is 12.0 Å². The van der Waals surface area contributed by atoms with Gasteiger partial charge in [0.05, 0.1) is 11.6 Å². The molecule has 9 heteroatoms. The molecule has 9 nitrogen and oxygen atoms in total. The van der Waals surface area contributed by atoms with Gasteiger partial charge in [-0.2, -0.15) is 0 Å². The average Bonchev–Trinajstić information content (AvgIpc) is 2.69. The number of rotatable bonds is 3. The van der Waals surface area contributed by atoms with Crippen LogP contribution in [0.3, 0.4) is 0 Å². The van der Waals surface area contributed by atoms with Crippen LogP contribution in [0, 0.1) is 11.8 Å². The number of phenolic OH excluding ortho intramolecular Hbond substituents is 1. The second-order valence-electron chi connectivity index (χ2n) is 9.14. The number of Topliss-reactive ketones (excluding diaryl/α,β-unsaturated/α-hetero) is 2. The number of aliphatic hydroxyl groups is 3. The van der Waals surface area contributed by atoms with Crippen LogP contribution >= 0.6 is 0 Å². The highest BCUT2D eigenvalue weighted by Crippen LogP contribution is 2.52. The number of fused-ring (bicyclic) bond motifs is 3. The number of ketones is 2. The van der Waals surface area contributed by atoms with Crippen molar-refractivity contribution in [3.8, 4) is 5.75 Å². The zero-order valence-corrected chi connectivity index (χ0v) is 17.2. The molecule has 2 fully saturated rings. The van der Waals surface area contributed by atoms with Crippen molar-refractivity contribution in [1.29, 1.82) is 0 Å². The molecule has 1 amide bonds. The van der Waals surface area contributed by atoms with E-state index in [2.05, 4.69) is 5.32 Å². The van der Waals surface area contributed by atoms with Gasteiger partial charge in [0.1, 0.15) is 22.8 Å². The van der Waals surface area contributed by atoms with Gasteiger partial charge in [-0.15, -0.1) is 0 Å². The lowest BCUT2D eigenvalue weighted by molar-refractivity contribution is -0.150. The first-order valence-electron chi connectivity index (χ1n) is 10.7. The number of primary amides is 1. The molecule has 0 aromatic heterocycles. The Balaban J connectivity index is 1.68. The topological polar surface area (TPSA) is 170 Å². The van der Waals surface area contributed by atoms with Gasteiger partial charge in [0, 0.05) is 17.5 Å². The summed E-state index contributed by atoms with van der Waals surface area (Å²) in [4.78, 5) is 38.7. The summed E-state index contributed by atoms with van der Waals surface area (Å²) in [5.41, 5.74) is 2.54. The Labute approximate surface area is 183 Å². The number of aliphatic hydroxyl groups excluding tert-OH is 2. The maximum Gasteiger partial charge on any atom is 0.255 e. The predicted molar refractivity (Wildman–Crippen MR) is 111 cm³/mol. The van der Waals surface area contributed by atoms with E-state index in [1.807, 2.05) is 0 Å². The largest absolute Gasteiger partial charge is 0.508 e. The summed E-state index contributed by atoms with van der Waals surface area (Å²) in [5, 5.41) is 46.6. The van der Waals surface area contributed by atoms with Crippen molar-refractivity contribution in [2.45, 2.75) is 49.8 Å². The summed E-state index contributed by atoms with van der Waals surface area (Å²) in [6.45, 7) is 0. The highest BCUT2D eigenvalue weighted by Gasteiger charge is 2.63. The van der Waals surface area contributed by atoms with Crippen LogP contribution in [0.5, 0.6) is 5.75 Å². The molecule has 4 atom stereocenters. The highest BCUT2D eigenvalue weighted by atomic mass is 16.3. The third kappa shape index (κ3) is 2.61. The van der Waals surface area contributed by atoms with Crippen molar-refractivity contribution in [2.75, 3.05) is 0 Å². The molecule has 0 bridgehead atoms. The van der Waals surface area contributed by atoms with Crippen LogP contribution < -0.4 is 11.1 Å². The van der Waals surface area contributed by atoms with Gasteiger partial charge in [0.15, 0.2) is 11.4 Å². The molecule has 2 saturated carbocycles. The molecule has 1 aromatic rings. The Morgan fingerprint density at radius 1 is 1.16 bits per heavy atom. The van der Waals surface area contributed by atoms with E-state index >= 15 is 0 Å². The zero-order chi connectivity index (χ0) is 22.9. The molecule has 0 unspecified atom stereocenters. The summed E-state index contributed by atoms with van der Waals surface area (Å²) in [5.74, 6) is -6.31. The van der Waals surface area contributed by atoms with Crippen molar-refractivity contribution in [3.05, 3.63) is 46.2 Å². The van der Waals surface area contributed by atoms with Gasteiger partial charge in [0.2, 0.25) is 5.78 Å². The van der Waals surface area contributed by atoms with E-state index in [1.54, 1.807) is 12.1 Å². The predicted octanol–water partition coefficient (Wildman–Crippen LogP) is 0.544. The quantitative estimate of drug-likeness (QED) is 0.370. The van der Waals surface area contributed by atoms with E-state index in [-0.39, 0.29) is 29.3 Å². The van der Waals surface area contributed by atoms with Crippen LogP contribution in [0.25, 0.3) is 5.76 Å². The zero-order valence-electron chi connectivity index (χ0n) is 17.2. The van der Waals surface area contributed by atoms with E-state index in [9.17, 15) is 34.8 Å². The second kappa shape index (κ2) is 6.91. The van der Waals surface area contributed by atoms with Crippen molar-refractivity contribution >= 4 is 23.2 Å². The summed E-state index contributed by atoms with van der Waals surface area (Å²) < 4.78 is 0. The van der Waals surface area contributed by atoms with Crippen LogP contribution in [0.15, 0.2) is 35.1 Å². The minimum atomic E-state index is -2.60. The van der Waals surface area contributed by atoms with Crippen LogP contribution in [-0.2, 0) is 20.8 Å².